The third-order valence-electron chi connectivity index (χ3n) is 4.30. The van der Waals surface area contributed by atoms with Gasteiger partial charge < -0.3 is 24.7 Å². The minimum Gasteiger partial charge on any atom is -0.488 e. The Labute approximate surface area is 174 Å². The number of nitrogens with two attached hydrogens (primary N) is 1. The van der Waals surface area contributed by atoms with Gasteiger partial charge >= 0.3 is 6.61 Å². The number of amides is 1. The maximum Gasteiger partial charge on any atom is 0.345 e. The van der Waals surface area contributed by atoms with Gasteiger partial charge in [0.1, 0.15) is 36.0 Å². The molecule has 1 amide bonds. The molecule has 0 aliphatic heterocycles. The number of ether oxygens (including phenoxy) is 2. The van der Waals surface area contributed by atoms with Crippen molar-refractivity contribution in [2.24, 2.45) is 5.73 Å². The number of hydrogen-bond donors (Lipinski definition) is 3. The van der Waals surface area contributed by atoms with Gasteiger partial charge in [-0.2, -0.15) is 8.78 Å². The maximum absolute atomic E-state index is 12.3. The van der Waals surface area contributed by atoms with Crippen molar-refractivity contribution in [1.82, 2.24) is 10.3 Å². The quantitative estimate of drug-likeness (QED) is 0.414. The molecule has 0 bridgehead atoms. The van der Waals surface area contributed by atoms with Gasteiger partial charge in [-0.25, -0.2) is 4.98 Å². The van der Waals surface area contributed by atoms with Crippen LogP contribution in [0.15, 0.2) is 28.8 Å². The van der Waals surface area contributed by atoms with E-state index >= 15 is 0 Å². The molecule has 30 heavy (non-hydrogen) atoms. The second kappa shape index (κ2) is 9.47. The largest absolute Gasteiger partial charge is 0.488 e. The molecule has 0 fully saturated rings. The number of nitrogens with one attached hydrogen (secondary N) is 1. The molecule has 0 aliphatic carbocycles. The van der Waals surface area contributed by atoms with Gasteiger partial charge in [0.05, 0.1) is 16.5 Å². The van der Waals surface area contributed by atoms with E-state index in [-0.39, 0.29) is 0 Å². The van der Waals surface area contributed by atoms with E-state index in [0.29, 0.717) is 34.6 Å². The van der Waals surface area contributed by atoms with Crippen LogP contribution in [0.3, 0.4) is 0 Å². The van der Waals surface area contributed by atoms with Crippen LogP contribution in [-0.2, 0) is 16.1 Å². The van der Waals surface area contributed by atoms with E-state index in [9.17, 15) is 18.7 Å². The lowest BCUT2D eigenvalue weighted by Crippen LogP contribution is -2.46. The first-order valence-corrected chi connectivity index (χ1v) is 9.76. The third kappa shape index (κ3) is 5.30. The molecule has 0 saturated carbocycles. The summed E-state index contributed by atoms with van der Waals surface area (Å²) in [7, 11) is 0. The van der Waals surface area contributed by atoms with Crippen LogP contribution in [0.5, 0.6) is 5.75 Å². The van der Waals surface area contributed by atoms with Crippen molar-refractivity contribution in [3.63, 3.8) is 0 Å². The number of hydrogen-bond acceptors (Lipinski definition) is 8. The highest BCUT2D eigenvalue weighted by Gasteiger charge is 2.25. The van der Waals surface area contributed by atoms with Gasteiger partial charge in [0.25, 0.3) is 0 Å². The average molecular weight is 441 g/mol. The van der Waals surface area contributed by atoms with E-state index in [1.807, 2.05) is 6.92 Å². The van der Waals surface area contributed by atoms with Crippen LogP contribution in [0.25, 0.3) is 11.0 Å². The smallest absolute Gasteiger partial charge is 0.345 e. The van der Waals surface area contributed by atoms with E-state index in [2.05, 4.69) is 15.0 Å². The molecule has 0 spiro atoms. The zero-order valence-corrected chi connectivity index (χ0v) is 17.0. The van der Waals surface area contributed by atoms with E-state index < -0.39 is 31.4 Å². The Bertz CT molecular complexity index is 1020. The molecule has 8 nitrogen and oxygen atoms in total. The van der Waals surface area contributed by atoms with E-state index in [1.165, 1.54) is 11.3 Å². The Hall–Kier alpha value is -2.60. The fourth-order valence-corrected chi connectivity index (χ4v) is 3.64. The van der Waals surface area contributed by atoms with Crippen LogP contribution in [0.2, 0.25) is 0 Å². The number of primary amides is 1. The number of carbonyl (C=O) groups is 1. The number of alkyl halides is 2. The topological polar surface area (TPSA) is 120 Å². The highest BCUT2D eigenvalue weighted by molar-refractivity contribution is 7.11. The SMILES string of the molecule is Cc1ncc(COc2ccc3oc(C)c(C(O)NC(COC(F)F)C(N)=O)c3c2)s1. The molecule has 162 valence electrons. The first-order chi connectivity index (χ1) is 14.2. The lowest BCUT2D eigenvalue weighted by atomic mass is 10.1. The Balaban J connectivity index is 1.79. The second-order valence-electron chi connectivity index (χ2n) is 6.48. The van der Waals surface area contributed by atoms with Crippen molar-refractivity contribution < 1.29 is 32.6 Å². The fraction of sp³-hybridized carbons (Fsp3) is 0.368. The van der Waals surface area contributed by atoms with Crippen LogP contribution in [0.4, 0.5) is 8.78 Å². The molecule has 2 heterocycles. The van der Waals surface area contributed by atoms with Crippen molar-refractivity contribution in [2.45, 2.75) is 39.3 Å². The Morgan fingerprint density at radius 3 is 2.80 bits per heavy atom. The standard InChI is InChI=1S/C19H21F2N3O5S/c1-9-16(18(26)24-14(17(22)25)8-28-19(20)21)13-5-11(3-4-15(13)29-9)27-7-12-6-23-10(2)30-12/h3-6,14,18-19,24,26H,7-8H2,1-2H3,(H2,22,25). The molecular weight excluding hydrogens is 420 g/mol. The van der Waals surface area contributed by atoms with Gasteiger partial charge in [0.2, 0.25) is 5.91 Å². The number of carbonyl (C=O) groups excluding carboxylic acids is 1. The summed E-state index contributed by atoms with van der Waals surface area (Å²) in [6.45, 7) is 0.112. The third-order valence-corrected chi connectivity index (χ3v) is 5.18. The van der Waals surface area contributed by atoms with Crippen LogP contribution >= 0.6 is 11.3 Å². The zero-order chi connectivity index (χ0) is 21.8. The van der Waals surface area contributed by atoms with Crippen molar-refractivity contribution in [3.8, 4) is 5.75 Å². The molecule has 1 aromatic carbocycles. The summed E-state index contributed by atoms with van der Waals surface area (Å²) in [6.07, 6.45) is 0.329. The minimum absolute atomic E-state index is 0.332. The summed E-state index contributed by atoms with van der Waals surface area (Å²) in [5, 5.41) is 14.6. The minimum atomic E-state index is -3.07. The number of rotatable bonds is 10. The van der Waals surface area contributed by atoms with Crippen LogP contribution in [0, 0.1) is 13.8 Å². The number of aryl methyl sites for hydroxylation is 2. The summed E-state index contributed by atoms with van der Waals surface area (Å²) in [6, 6.07) is 3.78. The van der Waals surface area contributed by atoms with Crippen molar-refractivity contribution >= 4 is 28.2 Å². The highest BCUT2D eigenvalue weighted by Crippen LogP contribution is 2.33. The molecule has 0 aliphatic rings. The molecule has 3 rings (SSSR count). The number of halogens is 2. The predicted octanol–water partition coefficient (Wildman–Crippen LogP) is 2.76. The normalized spacial score (nSPS) is 13.7. The summed E-state index contributed by atoms with van der Waals surface area (Å²) in [5.74, 6) is -0.0162. The number of benzene rings is 1. The van der Waals surface area contributed by atoms with Gasteiger partial charge in [-0.1, -0.05) is 0 Å². The number of aliphatic hydroxyl groups is 1. The number of nitrogens with zero attached hydrogens (tertiary/aromatic N) is 1. The first kappa shape index (κ1) is 22.1. The highest BCUT2D eigenvalue weighted by atomic mass is 32.1. The van der Waals surface area contributed by atoms with Crippen LogP contribution < -0.4 is 15.8 Å². The summed E-state index contributed by atoms with van der Waals surface area (Å²) >= 11 is 1.53. The molecule has 2 unspecified atom stereocenters. The fourth-order valence-electron chi connectivity index (χ4n) is 2.93. The molecule has 0 saturated heterocycles. The number of aromatic nitrogens is 1. The van der Waals surface area contributed by atoms with Crippen LogP contribution in [-0.4, -0.2) is 35.3 Å². The summed E-state index contributed by atoms with van der Waals surface area (Å²) < 4.78 is 40.2. The lowest BCUT2D eigenvalue weighted by molar-refractivity contribution is -0.144. The number of fused-ring (bicyclic) bond motifs is 1. The molecule has 0 radical (unpaired) electrons. The molecule has 2 aromatic heterocycles. The number of furan rings is 1. The van der Waals surface area contributed by atoms with Gasteiger partial charge in [-0.15, -0.1) is 11.3 Å². The average Bonchev–Trinajstić information content (AvgIpc) is 3.24. The summed E-state index contributed by atoms with van der Waals surface area (Å²) in [5.41, 5.74) is 6.04. The maximum atomic E-state index is 12.3. The monoisotopic (exact) mass is 441 g/mol. The Kier molecular flexibility index (Phi) is 6.98. The predicted molar refractivity (Wildman–Crippen MR) is 105 cm³/mol. The van der Waals surface area contributed by atoms with E-state index in [0.717, 1.165) is 9.88 Å². The molecule has 4 N–H and O–H groups in total. The zero-order valence-electron chi connectivity index (χ0n) is 16.2. The lowest BCUT2D eigenvalue weighted by Gasteiger charge is -2.20. The van der Waals surface area contributed by atoms with Crippen molar-refractivity contribution in [1.29, 1.82) is 0 Å². The van der Waals surface area contributed by atoms with Gasteiger partial charge in [0.15, 0.2) is 0 Å². The second-order valence-corrected chi connectivity index (χ2v) is 7.80. The molecule has 3 aromatic rings. The first-order valence-electron chi connectivity index (χ1n) is 8.95. The Morgan fingerprint density at radius 2 is 2.17 bits per heavy atom. The van der Waals surface area contributed by atoms with E-state index in [1.54, 1.807) is 31.3 Å². The Morgan fingerprint density at radius 1 is 1.40 bits per heavy atom. The summed E-state index contributed by atoms with van der Waals surface area (Å²) in [4.78, 5) is 16.7. The van der Waals surface area contributed by atoms with Crippen molar-refractivity contribution in [3.05, 3.63) is 45.6 Å². The van der Waals surface area contributed by atoms with Gasteiger partial charge in [-0.05, 0) is 32.0 Å². The van der Waals surface area contributed by atoms with Crippen molar-refractivity contribution in [2.75, 3.05) is 6.61 Å². The molecule has 2 atom stereocenters. The van der Waals surface area contributed by atoms with Gasteiger partial charge in [0, 0.05) is 17.1 Å². The number of aliphatic hydroxyl groups excluding tert-OH is 1. The van der Waals surface area contributed by atoms with Gasteiger partial charge in [-0.3, -0.25) is 10.1 Å². The molecular formula is C19H21F2N3O5S. The van der Waals surface area contributed by atoms with Crippen LogP contribution in [0.1, 0.15) is 27.4 Å². The van der Waals surface area contributed by atoms with E-state index in [4.69, 9.17) is 14.9 Å². The molecule has 11 heteroatoms. The number of thiazole rings is 1.